The molecule has 0 aliphatic heterocycles. The number of amides is 1. The van der Waals surface area contributed by atoms with Crippen molar-refractivity contribution in [3.63, 3.8) is 0 Å². The van der Waals surface area contributed by atoms with Gasteiger partial charge >= 0.3 is 6.09 Å². The van der Waals surface area contributed by atoms with Gasteiger partial charge in [-0.1, -0.05) is 48.5 Å². The van der Waals surface area contributed by atoms with E-state index in [2.05, 4.69) is 17.4 Å². The lowest BCUT2D eigenvalue weighted by molar-refractivity contribution is -0.121. The number of hydrogen-bond donors (Lipinski definition) is 1. The molecule has 1 aliphatic rings. The standard InChI is InChI=1S/C20H19NO4.C5H12O/c1-13(23)19(10-11-22)21-20(24)25-12-18-16-8-4-2-6-14(16)15-7-3-5-9-17(15)18;1-5(2,3)6-4/h2-9,11,18-19H,10,12H2,1H3,(H,21,24);1-4H3. The van der Waals surface area contributed by atoms with Crippen molar-refractivity contribution in [3.8, 4) is 11.1 Å². The Labute approximate surface area is 183 Å². The monoisotopic (exact) mass is 425 g/mol. The first-order valence-electron chi connectivity index (χ1n) is 10.3. The Morgan fingerprint density at radius 2 is 1.52 bits per heavy atom. The summed E-state index contributed by atoms with van der Waals surface area (Å²) in [6.07, 6.45) is -0.140. The quantitative estimate of drug-likeness (QED) is 0.689. The molecule has 0 saturated heterocycles. The minimum absolute atomic E-state index is 0.0417. The van der Waals surface area contributed by atoms with Crippen LogP contribution in [0.5, 0.6) is 0 Å². The van der Waals surface area contributed by atoms with E-state index in [0.29, 0.717) is 6.29 Å². The van der Waals surface area contributed by atoms with Gasteiger partial charge in [-0.2, -0.15) is 0 Å². The van der Waals surface area contributed by atoms with Gasteiger partial charge in [0.15, 0.2) is 5.78 Å². The molecule has 1 aliphatic carbocycles. The van der Waals surface area contributed by atoms with Gasteiger partial charge in [-0.15, -0.1) is 0 Å². The Balaban J connectivity index is 0.000000501. The van der Waals surface area contributed by atoms with Gasteiger partial charge in [0.25, 0.3) is 0 Å². The van der Waals surface area contributed by atoms with Gasteiger partial charge in [0.05, 0.1) is 11.6 Å². The Hall–Kier alpha value is -2.99. The number of fused-ring (bicyclic) bond motifs is 3. The van der Waals surface area contributed by atoms with Crippen molar-refractivity contribution in [2.24, 2.45) is 0 Å². The Morgan fingerprint density at radius 1 is 1.03 bits per heavy atom. The molecule has 1 amide bonds. The smallest absolute Gasteiger partial charge is 0.407 e. The molecule has 0 saturated carbocycles. The molecule has 0 heterocycles. The molecule has 3 rings (SSSR count). The van der Waals surface area contributed by atoms with E-state index in [1.165, 1.54) is 6.92 Å². The highest BCUT2D eigenvalue weighted by Gasteiger charge is 2.29. The highest BCUT2D eigenvalue weighted by Crippen LogP contribution is 2.44. The Kier molecular flexibility index (Phi) is 8.51. The lowest BCUT2D eigenvalue weighted by Gasteiger charge is -2.17. The van der Waals surface area contributed by atoms with Crippen molar-refractivity contribution >= 4 is 18.2 Å². The average Bonchev–Trinajstić information content (AvgIpc) is 3.05. The van der Waals surface area contributed by atoms with Crippen molar-refractivity contribution in [1.82, 2.24) is 5.32 Å². The van der Waals surface area contributed by atoms with E-state index >= 15 is 0 Å². The van der Waals surface area contributed by atoms with Crippen LogP contribution in [0.15, 0.2) is 48.5 Å². The molecule has 1 unspecified atom stereocenters. The molecule has 1 atom stereocenters. The van der Waals surface area contributed by atoms with Gasteiger partial charge in [-0.05, 0) is 49.9 Å². The van der Waals surface area contributed by atoms with E-state index in [9.17, 15) is 14.4 Å². The summed E-state index contributed by atoms with van der Waals surface area (Å²) in [6, 6.07) is 15.3. The van der Waals surface area contributed by atoms with Crippen LogP contribution in [0.2, 0.25) is 0 Å². The van der Waals surface area contributed by atoms with Crippen LogP contribution >= 0.6 is 0 Å². The van der Waals surface area contributed by atoms with Crippen molar-refractivity contribution in [3.05, 3.63) is 59.7 Å². The predicted molar refractivity (Wildman–Crippen MR) is 120 cm³/mol. The molecular weight excluding hydrogens is 394 g/mol. The largest absolute Gasteiger partial charge is 0.449 e. The van der Waals surface area contributed by atoms with E-state index in [4.69, 9.17) is 9.47 Å². The Morgan fingerprint density at radius 3 is 1.94 bits per heavy atom. The first-order chi connectivity index (χ1) is 14.7. The third-order valence-electron chi connectivity index (χ3n) is 5.07. The molecule has 31 heavy (non-hydrogen) atoms. The first kappa shape index (κ1) is 24.3. The zero-order valence-corrected chi connectivity index (χ0v) is 18.8. The number of ketones is 1. The van der Waals surface area contributed by atoms with Gasteiger partial charge in [0.1, 0.15) is 12.9 Å². The number of alkyl carbamates (subject to hydrolysis) is 1. The van der Waals surface area contributed by atoms with Crippen molar-refractivity contribution in [2.75, 3.05) is 13.7 Å². The minimum atomic E-state index is -0.840. The summed E-state index contributed by atoms with van der Waals surface area (Å²) in [4.78, 5) is 34.0. The zero-order valence-electron chi connectivity index (χ0n) is 18.8. The highest BCUT2D eigenvalue weighted by atomic mass is 16.5. The SMILES string of the molecule is CC(=O)C(CC=O)NC(=O)OCC1c2ccccc2-c2ccccc21.COC(C)(C)C. The van der Waals surface area contributed by atoms with Gasteiger partial charge in [0.2, 0.25) is 0 Å². The van der Waals surface area contributed by atoms with Crippen LogP contribution < -0.4 is 5.32 Å². The van der Waals surface area contributed by atoms with E-state index in [1.54, 1.807) is 7.11 Å². The average molecular weight is 426 g/mol. The third-order valence-corrected chi connectivity index (χ3v) is 5.07. The van der Waals surface area contributed by atoms with Crippen LogP contribution in [-0.2, 0) is 19.1 Å². The summed E-state index contributed by atoms with van der Waals surface area (Å²) >= 11 is 0. The summed E-state index contributed by atoms with van der Waals surface area (Å²) in [5.41, 5.74) is 4.57. The molecule has 0 aromatic heterocycles. The summed E-state index contributed by atoms with van der Waals surface area (Å²) in [6.45, 7) is 7.57. The van der Waals surface area contributed by atoms with Crippen LogP contribution in [0.4, 0.5) is 4.79 Å². The molecular formula is C25H31NO5. The summed E-state index contributed by atoms with van der Waals surface area (Å²) in [7, 11) is 1.71. The molecule has 166 valence electrons. The fraction of sp³-hybridized carbons (Fsp3) is 0.400. The number of ether oxygens (including phenoxy) is 2. The second-order valence-electron chi connectivity index (χ2n) is 8.35. The molecule has 6 nitrogen and oxygen atoms in total. The number of aldehydes is 1. The number of rotatable bonds is 6. The molecule has 0 fully saturated rings. The fourth-order valence-electron chi connectivity index (χ4n) is 3.21. The number of Topliss-reactive ketones (excluding diaryl/α,β-unsaturated/α-hetero) is 1. The minimum Gasteiger partial charge on any atom is -0.449 e. The second-order valence-corrected chi connectivity index (χ2v) is 8.35. The van der Waals surface area contributed by atoms with Crippen LogP contribution in [0, 0.1) is 0 Å². The third kappa shape index (κ3) is 6.76. The predicted octanol–water partition coefficient (Wildman–Crippen LogP) is 4.50. The van der Waals surface area contributed by atoms with Gasteiger partial charge in [-0.3, -0.25) is 4.79 Å². The normalized spacial score (nSPS) is 13.2. The van der Waals surface area contributed by atoms with Gasteiger partial charge in [0, 0.05) is 19.4 Å². The number of carbonyl (C=O) groups is 3. The molecule has 0 spiro atoms. The van der Waals surface area contributed by atoms with E-state index in [0.717, 1.165) is 22.3 Å². The van der Waals surface area contributed by atoms with E-state index < -0.39 is 12.1 Å². The van der Waals surface area contributed by atoms with Crippen LogP contribution in [0.1, 0.15) is 51.2 Å². The first-order valence-corrected chi connectivity index (χ1v) is 10.3. The van der Waals surface area contributed by atoms with Crippen LogP contribution in [0.25, 0.3) is 11.1 Å². The number of nitrogens with one attached hydrogen (secondary N) is 1. The summed E-state index contributed by atoms with van der Waals surface area (Å²) in [5, 5.41) is 2.45. The maximum Gasteiger partial charge on any atom is 0.407 e. The van der Waals surface area contributed by atoms with Crippen molar-refractivity contribution < 1.29 is 23.9 Å². The highest BCUT2D eigenvalue weighted by molar-refractivity contribution is 5.87. The van der Waals surface area contributed by atoms with Crippen molar-refractivity contribution in [2.45, 2.75) is 51.7 Å². The molecule has 0 bridgehead atoms. The van der Waals surface area contributed by atoms with Crippen LogP contribution in [0.3, 0.4) is 0 Å². The second kappa shape index (κ2) is 10.9. The lowest BCUT2D eigenvalue weighted by atomic mass is 9.98. The topological polar surface area (TPSA) is 81.7 Å². The van der Waals surface area contributed by atoms with Crippen molar-refractivity contribution in [1.29, 1.82) is 0 Å². The molecule has 6 heteroatoms. The van der Waals surface area contributed by atoms with E-state index in [-0.39, 0.29) is 30.3 Å². The fourth-order valence-corrected chi connectivity index (χ4v) is 3.21. The number of benzene rings is 2. The molecule has 1 N–H and O–H groups in total. The van der Waals surface area contributed by atoms with Gasteiger partial charge in [-0.25, -0.2) is 4.79 Å². The summed E-state index contributed by atoms with van der Waals surface area (Å²) < 4.78 is 10.3. The van der Waals surface area contributed by atoms with E-state index in [1.807, 2.05) is 57.2 Å². The Bertz CT molecular complexity index is 871. The van der Waals surface area contributed by atoms with Crippen LogP contribution in [-0.4, -0.2) is 43.5 Å². The number of carbonyl (C=O) groups excluding carboxylic acids is 3. The molecule has 2 aromatic carbocycles. The molecule has 0 radical (unpaired) electrons. The number of hydrogen-bond acceptors (Lipinski definition) is 5. The number of methoxy groups -OCH3 is 1. The lowest BCUT2D eigenvalue weighted by Crippen LogP contribution is -2.40. The summed E-state index contributed by atoms with van der Waals surface area (Å²) in [5.74, 6) is -0.319. The molecule has 2 aromatic rings. The zero-order chi connectivity index (χ0) is 23.0. The maximum absolute atomic E-state index is 12.0. The van der Waals surface area contributed by atoms with Gasteiger partial charge < -0.3 is 19.6 Å². The maximum atomic E-state index is 12.0.